The summed E-state index contributed by atoms with van der Waals surface area (Å²) in [6.45, 7) is 6.15. The first-order valence-corrected chi connectivity index (χ1v) is 6.23. The SMILES string of the molecule is Cc1cc(N)c(Cl)cc1Nc1ccn(C(C)C)n1. The van der Waals surface area contributed by atoms with E-state index < -0.39 is 0 Å². The topological polar surface area (TPSA) is 55.9 Å². The van der Waals surface area contributed by atoms with Crippen LogP contribution in [0.1, 0.15) is 25.5 Å². The molecule has 4 nitrogen and oxygen atoms in total. The third kappa shape index (κ3) is 2.59. The van der Waals surface area contributed by atoms with Crippen molar-refractivity contribution in [2.45, 2.75) is 26.8 Å². The van der Waals surface area contributed by atoms with Gasteiger partial charge in [0.1, 0.15) is 0 Å². The Morgan fingerprint density at radius 1 is 1.39 bits per heavy atom. The number of aryl methyl sites for hydroxylation is 1. The van der Waals surface area contributed by atoms with E-state index >= 15 is 0 Å². The highest BCUT2D eigenvalue weighted by Crippen LogP contribution is 2.28. The summed E-state index contributed by atoms with van der Waals surface area (Å²) in [5, 5.41) is 8.22. The summed E-state index contributed by atoms with van der Waals surface area (Å²) in [6.07, 6.45) is 1.95. The molecular weight excluding hydrogens is 248 g/mol. The predicted octanol–water partition coefficient (Wildman–Crippen LogP) is 3.75. The minimum atomic E-state index is 0.344. The van der Waals surface area contributed by atoms with Crippen molar-refractivity contribution in [3.63, 3.8) is 0 Å². The molecule has 0 radical (unpaired) electrons. The molecule has 0 amide bonds. The first-order chi connectivity index (χ1) is 8.47. The molecule has 1 aromatic carbocycles. The number of nitrogens with two attached hydrogens (primary N) is 1. The fourth-order valence-electron chi connectivity index (χ4n) is 1.67. The van der Waals surface area contributed by atoms with Crippen LogP contribution in [0.3, 0.4) is 0 Å². The second-order valence-electron chi connectivity index (χ2n) is 4.59. The van der Waals surface area contributed by atoms with Crippen molar-refractivity contribution in [3.05, 3.63) is 35.0 Å². The van der Waals surface area contributed by atoms with E-state index in [-0.39, 0.29) is 0 Å². The fourth-order valence-corrected chi connectivity index (χ4v) is 1.83. The average Bonchev–Trinajstić information content (AvgIpc) is 2.74. The summed E-state index contributed by atoms with van der Waals surface area (Å²) in [4.78, 5) is 0. The Bertz CT molecular complexity index is 560. The van der Waals surface area contributed by atoms with E-state index in [1.165, 1.54) is 0 Å². The third-order valence-corrected chi connectivity index (χ3v) is 3.07. The van der Waals surface area contributed by atoms with Gasteiger partial charge in [-0.3, -0.25) is 4.68 Å². The molecule has 0 aliphatic rings. The lowest BCUT2D eigenvalue weighted by Crippen LogP contribution is -2.02. The van der Waals surface area contributed by atoms with Gasteiger partial charge in [0, 0.05) is 24.0 Å². The molecular formula is C13H17ClN4. The Hall–Kier alpha value is -1.68. The van der Waals surface area contributed by atoms with Crippen LogP contribution in [0.25, 0.3) is 0 Å². The van der Waals surface area contributed by atoms with Gasteiger partial charge in [-0.15, -0.1) is 0 Å². The molecule has 0 aliphatic carbocycles. The first-order valence-electron chi connectivity index (χ1n) is 5.85. The summed E-state index contributed by atoms with van der Waals surface area (Å²) in [5.74, 6) is 0.799. The molecule has 2 rings (SSSR count). The van der Waals surface area contributed by atoms with Gasteiger partial charge in [-0.05, 0) is 38.5 Å². The molecule has 0 saturated carbocycles. The highest BCUT2D eigenvalue weighted by Gasteiger charge is 2.06. The number of nitrogens with one attached hydrogen (secondary N) is 1. The third-order valence-electron chi connectivity index (χ3n) is 2.74. The Labute approximate surface area is 112 Å². The Morgan fingerprint density at radius 2 is 2.11 bits per heavy atom. The Kier molecular flexibility index (Phi) is 3.48. The predicted molar refractivity (Wildman–Crippen MR) is 76.5 cm³/mol. The Balaban J connectivity index is 2.25. The van der Waals surface area contributed by atoms with Crippen molar-refractivity contribution in [1.82, 2.24) is 9.78 Å². The molecule has 0 saturated heterocycles. The van der Waals surface area contributed by atoms with Crippen LogP contribution in [0.15, 0.2) is 24.4 Å². The molecule has 0 unspecified atom stereocenters. The van der Waals surface area contributed by atoms with Crippen molar-refractivity contribution in [2.24, 2.45) is 0 Å². The lowest BCUT2D eigenvalue weighted by atomic mass is 10.2. The highest BCUT2D eigenvalue weighted by molar-refractivity contribution is 6.33. The molecule has 0 atom stereocenters. The zero-order valence-electron chi connectivity index (χ0n) is 10.7. The monoisotopic (exact) mass is 264 g/mol. The lowest BCUT2D eigenvalue weighted by molar-refractivity contribution is 0.534. The Morgan fingerprint density at radius 3 is 2.72 bits per heavy atom. The fraction of sp³-hybridized carbons (Fsp3) is 0.308. The molecule has 2 aromatic rings. The van der Waals surface area contributed by atoms with E-state index in [2.05, 4.69) is 24.3 Å². The van der Waals surface area contributed by atoms with E-state index in [9.17, 15) is 0 Å². The number of anilines is 3. The zero-order chi connectivity index (χ0) is 13.3. The average molecular weight is 265 g/mol. The van der Waals surface area contributed by atoms with E-state index in [0.717, 1.165) is 17.1 Å². The van der Waals surface area contributed by atoms with Crippen molar-refractivity contribution in [1.29, 1.82) is 0 Å². The minimum absolute atomic E-state index is 0.344. The maximum Gasteiger partial charge on any atom is 0.152 e. The minimum Gasteiger partial charge on any atom is -0.398 e. The lowest BCUT2D eigenvalue weighted by Gasteiger charge is -2.10. The maximum atomic E-state index is 6.02. The summed E-state index contributed by atoms with van der Waals surface area (Å²) in [6, 6.07) is 5.95. The number of rotatable bonds is 3. The number of nitrogens with zero attached hydrogens (tertiary/aromatic N) is 2. The number of hydrogen-bond donors (Lipinski definition) is 2. The molecule has 0 bridgehead atoms. The smallest absolute Gasteiger partial charge is 0.152 e. The summed E-state index contributed by atoms with van der Waals surface area (Å²) < 4.78 is 1.90. The van der Waals surface area contributed by atoms with Crippen LogP contribution in [-0.4, -0.2) is 9.78 Å². The largest absolute Gasteiger partial charge is 0.398 e. The number of hydrogen-bond acceptors (Lipinski definition) is 3. The van der Waals surface area contributed by atoms with E-state index in [1.54, 1.807) is 0 Å². The van der Waals surface area contributed by atoms with Gasteiger partial charge >= 0.3 is 0 Å². The first kappa shape index (κ1) is 12.8. The van der Waals surface area contributed by atoms with E-state index in [0.29, 0.717) is 16.8 Å². The van der Waals surface area contributed by atoms with Crippen molar-refractivity contribution < 1.29 is 0 Å². The second kappa shape index (κ2) is 4.90. The van der Waals surface area contributed by atoms with Gasteiger partial charge < -0.3 is 11.1 Å². The molecule has 0 fully saturated rings. The van der Waals surface area contributed by atoms with Crippen LogP contribution in [0, 0.1) is 6.92 Å². The van der Waals surface area contributed by atoms with Crippen LogP contribution in [0.4, 0.5) is 17.2 Å². The van der Waals surface area contributed by atoms with Gasteiger partial charge in [0.25, 0.3) is 0 Å². The summed E-state index contributed by atoms with van der Waals surface area (Å²) >= 11 is 6.02. The molecule has 3 N–H and O–H groups in total. The van der Waals surface area contributed by atoms with Gasteiger partial charge in [0.15, 0.2) is 5.82 Å². The summed E-state index contributed by atoms with van der Waals surface area (Å²) in [7, 11) is 0. The van der Waals surface area contributed by atoms with Crippen LogP contribution in [0.2, 0.25) is 5.02 Å². The molecule has 1 aromatic heterocycles. The number of nitrogen functional groups attached to an aromatic ring is 1. The van der Waals surface area contributed by atoms with Crippen LogP contribution in [-0.2, 0) is 0 Å². The van der Waals surface area contributed by atoms with Gasteiger partial charge in [-0.25, -0.2) is 0 Å². The van der Waals surface area contributed by atoms with E-state index in [1.807, 2.05) is 36.0 Å². The van der Waals surface area contributed by atoms with Crippen LogP contribution >= 0.6 is 11.6 Å². The number of aromatic nitrogens is 2. The summed E-state index contributed by atoms with van der Waals surface area (Å²) in [5.41, 5.74) is 8.30. The van der Waals surface area contributed by atoms with E-state index in [4.69, 9.17) is 17.3 Å². The highest BCUT2D eigenvalue weighted by atomic mass is 35.5. The number of halogens is 1. The molecule has 5 heteroatoms. The van der Waals surface area contributed by atoms with Crippen LogP contribution in [0.5, 0.6) is 0 Å². The van der Waals surface area contributed by atoms with Crippen molar-refractivity contribution in [2.75, 3.05) is 11.1 Å². The van der Waals surface area contributed by atoms with Gasteiger partial charge in [-0.2, -0.15) is 5.10 Å². The molecule has 0 aliphatic heterocycles. The van der Waals surface area contributed by atoms with Gasteiger partial charge in [0.05, 0.1) is 10.7 Å². The second-order valence-corrected chi connectivity index (χ2v) is 5.00. The zero-order valence-corrected chi connectivity index (χ0v) is 11.5. The van der Waals surface area contributed by atoms with Crippen molar-refractivity contribution >= 4 is 28.8 Å². The molecule has 96 valence electrons. The van der Waals surface area contributed by atoms with Crippen LogP contribution < -0.4 is 11.1 Å². The molecule has 0 spiro atoms. The normalized spacial score (nSPS) is 10.9. The number of benzene rings is 1. The molecule has 1 heterocycles. The maximum absolute atomic E-state index is 6.02. The molecule has 18 heavy (non-hydrogen) atoms. The van der Waals surface area contributed by atoms with Gasteiger partial charge in [0.2, 0.25) is 0 Å². The standard InChI is InChI=1S/C13H17ClN4/c1-8(2)18-5-4-13(17-18)16-12-7-10(14)11(15)6-9(12)3/h4-8H,15H2,1-3H3,(H,16,17). The van der Waals surface area contributed by atoms with Gasteiger partial charge in [-0.1, -0.05) is 11.6 Å². The van der Waals surface area contributed by atoms with Crippen molar-refractivity contribution in [3.8, 4) is 0 Å². The quantitative estimate of drug-likeness (QED) is 0.830.